The number of aliphatic hydroxyl groups is 1. The molecule has 2 heterocycles. The van der Waals surface area contributed by atoms with E-state index in [1.165, 1.54) is 6.07 Å². The number of benzene rings is 3. The van der Waals surface area contributed by atoms with Gasteiger partial charge in [0, 0.05) is 29.2 Å². The lowest BCUT2D eigenvalue weighted by Gasteiger charge is -2.37. The number of hydrogen-bond acceptors (Lipinski definition) is 6. The summed E-state index contributed by atoms with van der Waals surface area (Å²) in [4.78, 5) is 30.9. The zero-order valence-corrected chi connectivity index (χ0v) is 27.2. The Hall–Kier alpha value is -4.60. The molecule has 1 unspecified atom stereocenters. The fourth-order valence-corrected chi connectivity index (χ4v) is 5.31. The molecule has 4 aromatic rings. The number of aromatic nitrogens is 1. The van der Waals surface area contributed by atoms with Gasteiger partial charge in [-0.15, -0.1) is 0 Å². The zero-order valence-electron chi connectivity index (χ0n) is 27.2. The highest BCUT2D eigenvalue weighted by Crippen LogP contribution is 2.52. The molecule has 5 rings (SSSR count). The Morgan fingerprint density at radius 3 is 2.28 bits per heavy atom. The van der Waals surface area contributed by atoms with E-state index in [9.17, 15) is 14.7 Å². The van der Waals surface area contributed by atoms with Gasteiger partial charge >= 0.3 is 6.03 Å². The highest BCUT2D eigenvalue weighted by atomic mass is 19.1. The Kier molecular flexibility index (Phi) is 10.9. The average molecular weight is 628 g/mol. The molecule has 9 heteroatoms. The van der Waals surface area contributed by atoms with Gasteiger partial charge < -0.3 is 19.9 Å². The van der Waals surface area contributed by atoms with Crippen molar-refractivity contribution in [3.8, 4) is 22.9 Å². The number of ether oxygens (including phenoxy) is 2. The summed E-state index contributed by atoms with van der Waals surface area (Å²) in [6.07, 6.45) is 0. The van der Waals surface area contributed by atoms with E-state index in [0.29, 0.717) is 23.4 Å². The topological polar surface area (TPSA) is 110 Å². The molecule has 1 aliphatic heterocycles. The lowest BCUT2D eigenvalue weighted by molar-refractivity contribution is -0.128. The molecule has 0 bridgehead atoms. The van der Waals surface area contributed by atoms with Gasteiger partial charge in [-0.2, -0.15) is 0 Å². The summed E-state index contributed by atoms with van der Waals surface area (Å²) in [5.74, 6) is -1.62. The highest BCUT2D eigenvalue weighted by Gasteiger charge is 2.45. The van der Waals surface area contributed by atoms with Crippen LogP contribution in [0.4, 0.5) is 9.18 Å². The van der Waals surface area contributed by atoms with E-state index in [4.69, 9.17) is 14.5 Å². The summed E-state index contributed by atoms with van der Waals surface area (Å²) in [6.45, 7) is 11.7. The summed E-state index contributed by atoms with van der Waals surface area (Å²) in [5.41, 5.74) is 2.02. The molecule has 1 atom stereocenters. The Labute approximate surface area is 270 Å². The first-order chi connectivity index (χ1) is 21.9. The van der Waals surface area contributed by atoms with Gasteiger partial charge in [0.2, 0.25) is 11.8 Å². The normalized spacial score (nSPS) is 13.7. The summed E-state index contributed by atoms with van der Waals surface area (Å²) in [5, 5.41) is 15.4. The third kappa shape index (κ3) is 7.78. The van der Waals surface area contributed by atoms with Crippen LogP contribution in [0.5, 0.6) is 11.6 Å². The molecule has 0 spiro atoms. The van der Waals surface area contributed by atoms with Crippen molar-refractivity contribution < 1.29 is 28.6 Å². The van der Waals surface area contributed by atoms with Gasteiger partial charge in [0.05, 0.1) is 29.9 Å². The molecular weight excluding hydrogens is 585 g/mol. The number of nitrogens with zero attached hydrogens (tertiary/aromatic N) is 1. The first-order valence-electron chi connectivity index (χ1n) is 15.5. The third-order valence-electron chi connectivity index (χ3n) is 7.77. The fraction of sp³-hybridized carbons (Fsp3) is 0.324. The van der Waals surface area contributed by atoms with Crippen LogP contribution in [0.25, 0.3) is 11.3 Å². The molecule has 1 aliphatic rings. The lowest BCUT2D eigenvalue weighted by atomic mass is 9.69. The van der Waals surface area contributed by atoms with Crippen molar-refractivity contribution in [3.05, 3.63) is 113 Å². The monoisotopic (exact) mass is 627 g/mol. The van der Waals surface area contributed by atoms with Gasteiger partial charge in [-0.3, -0.25) is 10.1 Å². The quantitative estimate of drug-likeness (QED) is 0.166. The number of amides is 3. The third-order valence-corrected chi connectivity index (χ3v) is 7.77. The molecule has 3 amide bonds. The maximum atomic E-state index is 15.1. The summed E-state index contributed by atoms with van der Waals surface area (Å²) < 4.78 is 26.7. The fourth-order valence-electron chi connectivity index (χ4n) is 5.31. The molecule has 0 fully saturated rings. The van der Waals surface area contributed by atoms with Crippen molar-refractivity contribution in [2.45, 2.75) is 59.7 Å². The van der Waals surface area contributed by atoms with Crippen LogP contribution in [0.15, 0.2) is 84.9 Å². The van der Waals surface area contributed by atoms with Crippen LogP contribution >= 0.6 is 0 Å². The second-order valence-corrected chi connectivity index (χ2v) is 11.9. The summed E-state index contributed by atoms with van der Waals surface area (Å²) in [7, 11) is 0. The molecule has 1 aromatic heterocycles. The van der Waals surface area contributed by atoms with Crippen molar-refractivity contribution in [3.63, 3.8) is 0 Å². The number of nitrogens with one attached hydrogen (secondary N) is 2. The number of fused-ring (bicyclic) bond motifs is 2. The van der Waals surface area contributed by atoms with Gasteiger partial charge in [0.25, 0.3) is 0 Å². The Balaban J connectivity index is 0.00000235. The van der Waals surface area contributed by atoms with Gasteiger partial charge in [-0.1, -0.05) is 100 Å². The van der Waals surface area contributed by atoms with Crippen LogP contribution < -0.4 is 15.4 Å². The van der Waals surface area contributed by atoms with Gasteiger partial charge in [-0.05, 0) is 37.1 Å². The molecule has 46 heavy (non-hydrogen) atoms. The molecule has 3 N–H and O–H groups in total. The van der Waals surface area contributed by atoms with E-state index in [2.05, 4.69) is 10.6 Å². The first-order valence-corrected chi connectivity index (χ1v) is 15.5. The Morgan fingerprint density at radius 2 is 1.61 bits per heavy atom. The van der Waals surface area contributed by atoms with Crippen molar-refractivity contribution in [2.24, 2.45) is 5.41 Å². The van der Waals surface area contributed by atoms with Gasteiger partial charge in [0.1, 0.15) is 0 Å². The van der Waals surface area contributed by atoms with Crippen molar-refractivity contribution >= 4 is 11.9 Å². The SMILES string of the molecule is CC.CC(C)(O)c1ccc(-c2ccc3c(n2)Oc2c(F)cccc2C3C(C)(C)C(=O)NC(=O)NCCOCc2ccccc2)cc1. The largest absolute Gasteiger partial charge is 0.435 e. The number of para-hydroxylation sites is 1. The van der Waals surface area contributed by atoms with Crippen LogP contribution in [-0.4, -0.2) is 35.2 Å². The summed E-state index contributed by atoms with van der Waals surface area (Å²) >= 11 is 0. The molecule has 242 valence electrons. The maximum absolute atomic E-state index is 15.1. The number of urea groups is 1. The number of imide groups is 1. The Morgan fingerprint density at radius 1 is 0.913 bits per heavy atom. The van der Waals surface area contributed by atoms with Crippen molar-refractivity contribution in [2.75, 3.05) is 13.2 Å². The van der Waals surface area contributed by atoms with Gasteiger partial charge in [-0.25, -0.2) is 14.2 Å². The van der Waals surface area contributed by atoms with E-state index >= 15 is 4.39 Å². The molecule has 0 saturated carbocycles. The second-order valence-electron chi connectivity index (χ2n) is 11.9. The molecule has 8 nitrogen and oxygen atoms in total. The number of carbonyl (C=O) groups excluding carboxylic acids is 2. The van der Waals surface area contributed by atoms with Crippen molar-refractivity contribution in [1.82, 2.24) is 15.6 Å². The number of rotatable bonds is 9. The molecule has 3 aromatic carbocycles. The predicted octanol–water partition coefficient (Wildman–Crippen LogP) is 7.45. The van der Waals surface area contributed by atoms with Crippen LogP contribution in [0.3, 0.4) is 0 Å². The van der Waals surface area contributed by atoms with Crippen LogP contribution in [0.2, 0.25) is 0 Å². The van der Waals surface area contributed by atoms with E-state index in [1.54, 1.807) is 39.8 Å². The minimum absolute atomic E-state index is 0.00656. The smallest absolute Gasteiger partial charge is 0.321 e. The van der Waals surface area contributed by atoms with E-state index in [-0.39, 0.29) is 24.8 Å². The minimum atomic E-state index is -1.21. The number of halogens is 1. The molecule has 0 saturated heterocycles. The standard InChI is InChI=1S/C35H36FN3O5.C2H6/c1-34(2,32(40)39-33(41)37-19-20-43-21-22-9-6-5-7-10-22)29-25-11-8-12-27(36)30(25)44-31-26(29)17-18-28(38-31)23-13-15-24(16-14-23)35(3,4)42;1-2/h5-18,29,42H,19-21H2,1-4H3,(H2,37,39,40,41);1-2H3. The zero-order chi connectivity index (χ0) is 33.5. The maximum Gasteiger partial charge on any atom is 0.321 e. The molecular formula is C37H42FN3O5. The van der Waals surface area contributed by atoms with Crippen LogP contribution in [-0.2, 0) is 21.7 Å². The molecule has 0 radical (unpaired) electrons. The first kappa shape index (κ1) is 34.3. The highest BCUT2D eigenvalue weighted by molar-refractivity contribution is 5.98. The number of carbonyl (C=O) groups is 2. The van der Waals surface area contributed by atoms with Crippen molar-refractivity contribution in [1.29, 1.82) is 0 Å². The van der Waals surface area contributed by atoms with Crippen LogP contribution in [0.1, 0.15) is 69.7 Å². The Bertz CT molecular complexity index is 1650. The van der Waals surface area contributed by atoms with E-state index < -0.39 is 34.7 Å². The predicted molar refractivity (Wildman–Crippen MR) is 176 cm³/mol. The molecule has 0 aliphatic carbocycles. The minimum Gasteiger partial charge on any atom is -0.435 e. The van der Waals surface area contributed by atoms with E-state index in [1.807, 2.05) is 80.6 Å². The summed E-state index contributed by atoms with van der Waals surface area (Å²) in [6, 6.07) is 24.6. The average Bonchev–Trinajstić information content (AvgIpc) is 3.04. The lowest BCUT2D eigenvalue weighted by Crippen LogP contribution is -2.48. The number of pyridine rings is 1. The second kappa shape index (κ2) is 14.7. The van der Waals surface area contributed by atoms with Crippen LogP contribution in [0, 0.1) is 11.2 Å². The van der Waals surface area contributed by atoms with Gasteiger partial charge in [0.15, 0.2) is 11.6 Å². The van der Waals surface area contributed by atoms with E-state index in [0.717, 1.165) is 16.7 Å². The number of hydrogen-bond donors (Lipinski definition) is 3.